The van der Waals surface area contributed by atoms with E-state index in [1.807, 2.05) is 0 Å². The number of halogens is 1. The number of hydrogen-bond acceptors (Lipinski definition) is 6. The van der Waals surface area contributed by atoms with Crippen LogP contribution in [-0.2, 0) is 14.6 Å². The molecule has 1 heterocycles. The van der Waals surface area contributed by atoms with Gasteiger partial charge in [0.15, 0.2) is 14.9 Å². The fourth-order valence-corrected chi connectivity index (χ4v) is 4.44. The van der Waals surface area contributed by atoms with E-state index in [2.05, 4.69) is 16.0 Å². The molecule has 0 aliphatic carbocycles. The van der Waals surface area contributed by atoms with E-state index in [0.29, 0.717) is 6.42 Å². The average molecular weight is 421 g/mol. The number of hydrogen-bond donors (Lipinski definition) is 3. The number of nitro benzene ring substituents is 1. The van der Waals surface area contributed by atoms with E-state index >= 15 is 0 Å². The summed E-state index contributed by atoms with van der Waals surface area (Å²) in [6.07, 6.45) is 0.522. The summed E-state index contributed by atoms with van der Waals surface area (Å²) < 4.78 is 22.7. The summed E-state index contributed by atoms with van der Waals surface area (Å²) in [5.74, 6) is -0.221. The molecule has 3 N–H and O–H groups in total. The lowest BCUT2D eigenvalue weighted by atomic mass is 10.2. The number of carbonyl (C=O) groups excluding carboxylic acids is 1. The van der Waals surface area contributed by atoms with Crippen LogP contribution in [0.4, 0.5) is 11.4 Å². The summed E-state index contributed by atoms with van der Waals surface area (Å²) in [7, 11) is -3.04. The van der Waals surface area contributed by atoms with Crippen molar-refractivity contribution in [2.24, 2.45) is 0 Å². The van der Waals surface area contributed by atoms with E-state index in [1.54, 1.807) is 0 Å². The number of amides is 1. The van der Waals surface area contributed by atoms with Gasteiger partial charge in [0.2, 0.25) is 5.91 Å². The van der Waals surface area contributed by atoms with Crippen LogP contribution in [0.1, 0.15) is 12.8 Å². The predicted octanol–water partition coefficient (Wildman–Crippen LogP) is 1.23. The van der Waals surface area contributed by atoms with Gasteiger partial charge in [0.1, 0.15) is 0 Å². The van der Waals surface area contributed by atoms with Crippen LogP contribution in [0.25, 0.3) is 0 Å². The second-order valence-corrected chi connectivity index (χ2v) is 8.76. The van der Waals surface area contributed by atoms with Crippen molar-refractivity contribution in [1.29, 1.82) is 0 Å². The van der Waals surface area contributed by atoms with Crippen LogP contribution in [-0.4, -0.2) is 48.5 Å². The summed E-state index contributed by atoms with van der Waals surface area (Å²) in [5, 5.41) is 19.4. The zero-order valence-corrected chi connectivity index (χ0v) is 15.9. The van der Waals surface area contributed by atoms with E-state index in [1.165, 1.54) is 18.2 Å². The van der Waals surface area contributed by atoms with Crippen molar-refractivity contribution < 1.29 is 18.1 Å². The number of thiocarbonyl (C=S) groups is 1. The molecular weight excluding hydrogens is 404 g/mol. The molecule has 1 atom stereocenters. The Morgan fingerprint density at radius 3 is 2.77 bits per heavy atom. The van der Waals surface area contributed by atoms with E-state index < -0.39 is 14.8 Å². The summed E-state index contributed by atoms with van der Waals surface area (Å²) >= 11 is 11.0. The van der Waals surface area contributed by atoms with Gasteiger partial charge in [0.25, 0.3) is 5.69 Å². The highest BCUT2D eigenvalue weighted by atomic mass is 35.5. The maximum atomic E-state index is 11.8. The maximum Gasteiger partial charge on any atom is 0.271 e. The minimum Gasteiger partial charge on any atom is -0.362 e. The maximum absolute atomic E-state index is 11.8. The molecular formula is C14H17ClN4O5S2. The van der Waals surface area contributed by atoms with Crippen LogP contribution in [0.5, 0.6) is 0 Å². The summed E-state index contributed by atoms with van der Waals surface area (Å²) in [6.45, 7) is 0.212. The molecule has 1 saturated heterocycles. The predicted molar refractivity (Wildman–Crippen MR) is 102 cm³/mol. The molecule has 1 aromatic rings. The highest BCUT2D eigenvalue weighted by molar-refractivity contribution is 7.91. The van der Waals surface area contributed by atoms with Gasteiger partial charge in [0.05, 0.1) is 27.1 Å². The Morgan fingerprint density at radius 2 is 2.15 bits per heavy atom. The molecule has 0 bridgehead atoms. The Hall–Kier alpha value is -1.98. The highest BCUT2D eigenvalue weighted by Crippen LogP contribution is 2.26. The molecule has 26 heavy (non-hydrogen) atoms. The average Bonchev–Trinajstić information content (AvgIpc) is 2.87. The van der Waals surface area contributed by atoms with Gasteiger partial charge in [-0.15, -0.1) is 0 Å². The van der Waals surface area contributed by atoms with Crippen LogP contribution >= 0.6 is 23.8 Å². The lowest BCUT2D eigenvalue weighted by molar-refractivity contribution is -0.384. The molecule has 9 nitrogen and oxygen atoms in total. The monoisotopic (exact) mass is 420 g/mol. The van der Waals surface area contributed by atoms with Crippen LogP contribution < -0.4 is 16.0 Å². The van der Waals surface area contributed by atoms with Gasteiger partial charge in [-0.2, -0.15) is 0 Å². The summed E-state index contributed by atoms with van der Waals surface area (Å²) in [4.78, 5) is 22.1. The Morgan fingerprint density at radius 1 is 1.42 bits per heavy atom. The molecule has 1 aromatic carbocycles. The molecule has 1 fully saturated rings. The summed E-state index contributed by atoms with van der Waals surface area (Å²) in [6, 6.07) is 3.57. The Balaban J connectivity index is 1.76. The number of nitro groups is 1. The standard InChI is InChI=1S/C14H17ClN4O5S2/c15-11-2-1-10(19(21)22)7-12(11)18-14(25)16-5-3-13(20)17-9-4-6-26(23,24)8-9/h1-2,7,9H,3-6,8H2,(H,17,20)(H2,16,18,25). The first kappa shape index (κ1) is 20.3. The van der Waals surface area contributed by atoms with Crippen molar-refractivity contribution >= 4 is 56.1 Å². The molecule has 1 aliphatic heterocycles. The minimum absolute atomic E-state index is 0.0303. The normalized spacial score (nSPS) is 18.1. The molecule has 142 valence electrons. The van der Waals surface area contributed by atoms with E-state index in [9.17, 15) is 23.3 Å². The van der Waals surface area contributed by atoms with Gasteiger partial charge >= 0.3 is 0 Å². The number of sulfone groups is 1. The Labute approximate surface area is 160 Å². The Bertz CT molecular complexity index is 831. The van der Waals surface area contributed by atoms with Crippen molar-refractivity contribution in [2.45, 2.75) is 18.9 Å². The van der Waals surface area contributed by atoms with Gasteiger partial charge in [-0.3, -0.25) is 14.9 Å². The van der Waals surface area contributed by atoms with Gasteiger partial charge < -0.3 is 16.0 Å². The molecule has 0 radical (unpaired) electrons. The number of rotatable bonds is 6. The quantitative estimate of drug-likeness (QED) is 0.356. The van der Waals surface area contributed by atoms with Gasteiger partial charge in [0, 0.05) is 31.1 Å². The third kappa shape index (κ3) is 6.07. The van der Waals surface area contributed by atoms with Gasteiger partial charge in [-0.05, 0) is 24.7 Å². The Kier molecular flexibility index (Phi) is 6.73. The fourth-order valence-electron chi connectivity index (χ4n) is 2.39. The minimum atomic E-state index is -3.04. The SMILES string of the molecule is O=C(CCNC(=S)Nc1cc([N+](=O)[O-])ccc1Cl)NC1CCS(=O)(=O)C1. The molecule has 0 aromatic heterocycles. The van der Waals surface area contributed by atoms with Crippen molar-refractivity contribution in [3.63, 3.8) is 0 Å². The second-order valence-electron chi connectivity index (χ2n) is 5.72. The molecule has 0 saturated carbocycles. The molecule has 0 spiro atoms. The zero-order valence-electron chi connectivity index (χ0n) is 13.5. The van der Waals surface area contributed by atoms with Crippen LogP contribution in [0.2, 0.25) is 5.02 Å². The fraction of sp³-hybridized carbons (Fsp3) is 0.429. The number of carbonyl (C=O) groups is 1. The number of nitrogens with one attached hydrogen (secondary N) is 3. The number of non-ortho nitro benzene ring substituents is 1. The topological polar surface area (TPSA) is 130 Å². The van der Waals surface area contributed by atoms with E-state index in [-0.39, 0.29) is 57.9 Å². The smallest absolute Gasteiger partial charge is 0.271 e. The first-order valence-electron chi connectivity index (χ1n) is 7.65. The third-order valence-corrected chi connectivity index (χ3v) is 5.99. The van der Waals surface area contributed by atoms with Gasteiger partial charge in [-0.25, -0.2) is 8.42 Å². The zero-order chi connectivity index (χ0) is 19.3. The highest BCUT2D eigenvalue weighted by Gasteiger charge is 2.28. The van der Waals surface area contributed by atoms with Crippen LogP contribution in [0.15, 0.2) is 18.2 Å². The number of benzene rings is 1. The van der Waals surface area contributed by atoms with E-state index in [4.69, 9.17) is 23.8 Å². The molecule has 1 amide bonds. The third-order valence-electron chi connectivity index (χ3n) is 3.64. The summed E-state index contributed by atoms with van der Waals surface area (Å²) in [5.41, 5.74) is 0.143. The lowest BCUT2D eigenvalue weighted by Gasteiger charge is -2.13. The molecule has 2 rings (SSSR count). The molecule has 12 heteroatoms. The lowest BCUT2D eigenvalue weighted by Crippen LogP contribution is -2.38. The number of nitrogens with zero attached hydrogens (tertiary/aromatic N) is 1. The largest absolute Gasteiger partial charge is 0.362 e. The molecule has 1 unspecified atom stereocenters. The van der Waals surface area contributed by atoms with Crippen molar-refractivity contribution in [1.82, 2.24) is 10.6 Å². The van der Waals surface area contributed by atoms with Gasteiger partial charge in [-0.1, -0.05) is 11.6 Å². The first-order chi connectivity index (χ1) is 12.2. The first-order valence-corrected chi connectivity index (χ1v) is 10.3. The van der Waals surface area contributed by atoms with E-state index in [0.717, 1.165) is 0 Å². The van der Waals surface area contributed by atoms with Crippen LogP contribution in [0.3, 0.4) is 0 Å². The van der Waals surface area contributed by atoms with Crippen LogP contribution in [0, 0.1) is 10.1 Å². The van der Waals surface area contributed by atoms with Crippen molar-refractivity contribution in [3.05, 3.63) is 33.3 Å². The second kappa shape index (κ2) is 8.60. The van der Waals surface area contributed by atoms with Crippen molar-refractivity contribution in [3.8, 4) is 0 Å². The molecule has 1 aliphatic rings. The number of anilines is 1. The van der Waals surface area contributed by atoms with Crippen molar-refractivity contribution in [2.75, 3.05) is 23.4 Å².